The lowest BCUT2D eigenvalue weighted by Gasteiger charge is -2.11. The van der Waals surface area contributed by atoms with Gasteiger partial charge in [0.2, 0.25) is 11.2 Å². The van der Waals surface area contributed by atoms with Crippen LogP contribution in [0, 0.1) is 6.92 Å². The summed E-state index contributed by atoms with van der Waals surface area (Å²) in [5.74, 6) is 0.848. The van der Waals surface area contributed by atoms with Gasteiger partial charge in [0.1, 0.15) is 22.8 Å². The Bertz CT molecular complexity index is 1270. The molecule has 6 nitrogen and oxygen atoms in total. The van der Waals surface area contributed by atoms with Crippen molar-refractivity contribution < 1.29 is 24.4 Å². The van der Waals surface area contributed by atoms with Crippen molar-refractivity contribution in [1.29, 1.82) is 0 Å². The normalized spacial score (nSPS) is 11.8. The predicted molar refractivity (Wildman–Crippen MR) is 116 cm³/mol. The van der Waals surface area contributed by atoms with Crippen LogP contribution in [0.5, 0.6) is 17.2 Å². The number of carbonyl (C=O) groups is 1. The van der Waals surface area contributed by atoms with Gasteiger partial charge in [-0.2, -0.15) is 0 Å². The van der Waals surface area contributed by atoms with Gasteiger partial charge in [-0.1, -0.05) is 48.5 Å². The molecule has 1 aromatic heterocycles. The average Bonchev–Trinajstić information content (AvgIpc) is 2.78. The fourth-order valence-electron chi connectivity index (χ4n) is 3.24. The smallest absolute Gasteiger partial charge is 0.370 e. The molecule has 0 saturated carbocycles. The minimum absolute atomic E-state index is 0.129. The second-order valence-corrected chi connectivity index (χ2v) is 7.20. The number of para-hydroxylation sites is 1. The number of ether oxygens (including phenoxy) is 2. The number of benzene rings is 3. The molecule has 6 heteroatoms. The first-order valence-electron chi connectivity index (χ1n) is 9.90. The maximum atomic E-state index is 12.9. The van der Waals surface area contributed by atoms with Crippen LogP contribution in [-0.2, 0) is 11.2 Å². The summed E-state index contributed by atoms with van der Waals surface area (Å²) in [6, 6.07) is 22.7. The van der Waals surface area contributed by atoms with Crippen molar-refractivity contribution in [1.82, 2.24) is 0 Å². The Balaban J connectivity index is 1.55. The van der Waals surface area contributed by atoms with Gasteiger partial charge in [0.15, 0.2) is 6.04 Å². The Morgan fingerprint density at radius 3 is 2.35 bits per heavy atom. The Hall–Kier alpha value is -3.90. The fraction of sp³-hybridized carbons (Fsp3) is 0.120. The third-order valence-electron chi connectivity index (χ3n) is 4.83. The maximum Gasteiger partial charge on any atom is 0.370 e. The summed E-state index contributed by atoms with van der Waals surface area (Å²) in [5, 5.41) is 0.340. The van der Waals surface area contributed by atoms with E-state index in [1.165, 1.54) is 6.07 Å². The minimum atomic E-state index is -0.562. The molecule has 0 radical (unpaired) electrons. The highest BCUT2D eigenvalue weighted by molar-refractivity contribution is 5.82. The van der Waals surface area contributed by atoms with Crippen molar-refractivity contribution in [2.75, 3.05) is 0 Å². The van der Waals surface area contributed by atoms with E-state index in [9.17, 15) is 9.59 Å². The highest BCUT2D eigenvalue weighted by atomic mass is 16.5. The third kappa shape index (κ3) is 4.65. The second kappa shape index (κ2) is 8.85. The SMILES string of the molecule is Cc1oc2cc(OC(=O)C([NH3+])Cc3ccccc3)ccc2c(=O)c1Oc1ccccc1. The fourth-order valence-corrected chi connectivity index (χ4v) is 3.24. The van der Waals surface area contributed by atoms with Crippen LogP contribution >= 0.6 is 0 Å². The summed E-state index contributed by atoms with van der Waals surface area (Å²) in [7, 11) is 0. The number of fused-ring (bicyclic) bond motifs is 1. The average molecular weight is 416 g/mol. The summed E-state index contributed by atoms with van der Waals surface area (Å²) in [6.45, 7) is 1.66. The van der Waals surface area contributed by atoms with Crippen LogP contribution in [0.25, 0.3) is 11.0 Å². The molecule has 1 unspecified atom stereocenters. The minimum Gasteiger partial charge on any atom is -0.457 e. The van der Waals surface area contributed by atoms with E-state index in [0.29, 0.717) is 34.6 Å². The monoisotopic (exact) mass is 416 g/mol. The molecule has 0 fully saturated rings. The van der Waals surface area contributed by atoms with Gasteiger partial charge in [0.25, 0.3) is 0 Å². The lowest BCUT2D eigenvalue weighted by Crippen LogP contribution is -2.67. The van der Waals surface area contributed by atoms with Crippen LogP contribution in [0.1, 0.15) is 11.3 Å². The quantitative estimate of drug-likeness (QED) is 0.383. The Kier molecular flexibility index (Phi) is 5.82. The van der Waals surface area contributed by atoms with E-state index in [4.69, 9.17) is 13.9 Å². The van der Waals surface area contributed by atoms with Crippen LogP contribution in [0.3, 0.4) is 0 Å². The zero-order valence-corrected chi connectivity index (χ0v) is 17.0. The summed E-state index contributed by atoms with van der Waals surface area (Å²) >= 11 is 0. The number of rotatable bonds is 6. The van der Waals surface area contributed by atoms with Crippen molar-refractivity contribution in [3.05, 3.63) is 100 Å². The molecule has 0 amide bonds. The molecular weight excluding hydrogens is 394 g/mol. The van der Waals surface area contributed by atoms with E-state index in [0.717, 1.165) is 5.56 Å². The molecule has 0 saturated heterocycles. The van der Waals surface area contributed by atoms with Crippen LogP contribution in [0.4, 0.5) is 0 Å². The van der Waals surface area contributed by atoms with Gasteiger partial charge >= 0.3 is 5.97 Å². The molecule has 31 heavy (non-hydrogen) atoms. The summed E-state index contributed by atoms with van der Waals surface area (Å²) in [5.41, 5.74) is 4.94. The van der Waals surface area contributed by atoms with E-state index in [-0.39, 0.29) is 11.2 Å². The number of hydrogen-bond acceptors (Lipinski definition) is 5. The molecule has 3 N–H and O–H groups in total. The van der Waals surface area contributed by atoms with Gasteiger partial charge in [-0.15, -0.1) is 0 Å². The molecule has 1 atom stereocenters. The molecule has 4 rings (SSSR count). The maximum absolute atomic E-state index is 12.9. The first-order chi connectivity index (χ1) is 15.0. The van der Waals surface area contributed by atoms with Crippen LogP contribution in [-0.4, -0.2) is 12.0 Å². The first-order valence-corrected chi connectivity index (χ1v) is 9.90. The summed E-state index contributed by atoms with van der Waals surface area (Å²) in [4.78, 5) is 25.3. The molecule has 0 bridgehead atoms. The zero-order chi connectivity index (χ0) is 21.8. The lowest BCUT2D eigenvalue weighted by molar-refractivity contribution is -0.406. The first kappa shape index (κ1) is 20.4. The van der Waals surface area contributed by atoms with Gasteiger partial charge in [0.05, 0.1) is 5.39 Å². The standard InChI is InChI=1S/C25H21NO5/c1-16-24(30-18-10-6-3-7-11-18)23(27)20-13-12-19(15-22(20)29-16)31-25(28)21(26)14-17-8-4-2-5-9-17/h2-13,15,21H,14,26H2,1H3/p+1. The molecule has 0 aliphatic heterocycles. The van der Waals surface area contributed by atoms with Crippen molar-refractivity contribution in [2.24, 2.45) is 0 Å². The van der Waals surface area contributed by atoms with Crippen LogP contribution < -0.4 is 20.6 Å². The van der Waals surface area contributed by atoms with E-state index < -0.39 is 12.0 Å². The van der Waals surface area contributed by atoms with E-state index in [1.54, 1.807) is 31.2 Å². The van der Waals surface area contributed by atoms with E-state index in [2.05, 4.69) is 5.73 Å². The van der Waals surface area contributed by atoms with Crippen LogP contribution in [0.2, 0.25) is 0 Å². The molecule has 1 heterocycles. The van der Waals surface area contributed by atoms with Crippen molar-refractivity contribution >= 4 is 16.9 Å². The molecule has 0 aliphatic carbocycles. The Morgan fingerprint density at radius 2 is 1.65 bits per heavy atom. The van der Waals surface area contributed by atoms with Crippen molar-refractivity contribution in [2.45, 2.75) is 19.4 Å². The van der Waals surface area contributed by atoms with Crippen molar-refractivity contribution in [3.63, 3.8) is 0 Å². The Labute approximate surface area is 178 Å². The largest absolute Gasteiger partial charge is 0.457 e. The number of aryl methyl sites for hydroxylation is 1. The molecule has 0 aliphatic rings. The van der Waals surface area contributed by atoms with Crippen molar-refractivity contribution in [3.8, 4) is 17.2 Å². The third-order valence-corrected chi connectivity index (χ3v) is 4.83. The van der Waals surface area contributed by atoms with E-state index in [1.807, 2.05) is 48.5 Å². The van der Waals surface area contributed by atoms with Gasteiger partial charge in [-0.3, -0.25) is 4.79 Å². The Morgan fingerprint density at radius 1 is 0.968 bits per heavy atom. The second-order valence-electron chi connectivity index (χ2n) is 7.20. The molecule has 0 spiro atoms. The number of carbonyl (C=O) groups excluding carboxylic acids is 1. The molecule has 156 valence electrons. The zero-order valence-electron chi connectivity index (χ0n) is 17.0. The highest BCUT2D eigenvalue weighted by Gasteiger charge is 2.21. The summed E-state index contributed by atoms with van der Waals surface area (Å²) < 4.78 is 17.0. The molecule has 3 aromatic carbocycles. The highest BCUT2D eigenvalue weighted by Crippen LogP contribution is 2.27. The van der Waals surface area contributed by atoms with Gasteiger partial charge in [0, 0.05) is 12.5 Å². The van der Waals surface area contributed by atoms with Crippen LogP contribution in [0.15, 0.2) is 88.1 Å². The molecular formula is C25H22NO5+. The van der Waals surface area contributed by atoms with Gasteiger partial charge in [-0.05, 0) is 36.8 Å². The van der Waals surface area contributed by atoms with E-state index >= 15 is 0 Å². The topological polar surface area (TPSA) is 93.4 Å². The van der Waals surface area contributed by atoms with Gasteiger partial charge in [-0.25, -0.2) is 4.79 Å². The summed E-state index contributed by atoms with van der Waals surface area (Å²) in [6.07, 6.45) is 0.474. The van der Waals surface area contributed by atoms with Gasteiger partial charge < -0.3 is 19.6 Å². The number of esters is 1. The lowest BCUT2D eigenvalue weighted by atomic mass is 10.1. The number of hydrogen-bond donors (Lipinski definition) is 1. The predicted octanol–water partition coefficient (Wildman–Crippen LogP) is 3.65. The number of quaternary nitrogens is 1. The molecule has 4 aromatic rings.